The number of esters is 1. The minimum atomic E-state index is -0.971. The number of Topliss-reactive ketones (excluding diaryl/α,β-unsaturated/α-hetero) is 1. The van der Waals surface area contributed by atoms with Gasteiger partial charge in [0.25, 0.3) is 0 Å². The minimum Gasteiger partial charge on any atom is -0.456 e. The Kier molecular flexibility index (Phi) is 7.37. The molecule has 0 radical (unpaired) electrons. The fraction of sp³-hybridized carbons (Fsp3) is 0.286. The molecule has 2 aromatic carbocycles. The number of benzene rings is 2. The van der Waals surface area contributed by atoms with Crippen molar-refractivity contribution in [3.05, 3.63) is 71.3 Å². The molecule has 0 heterocycles. The van der Waals surface area contributed by atoms with Gasteiger partial charge in [-0.1, -0.05) is 44.2 Å². The molecule has 148 valence electrons. The highest BCUT2D eigenvalue weighted by atomic mass is 19.1. The molecule has 0 aromatic heterocycles. The molecule has 5 nitrogen and oxygen atoms in total. The lowest BCUT2D eigenvalue weighted by Gasteiger charge is -2.20. The van der Waals surface area contributed by atoms with Crippen LogP contribution in [0.25, 0.3) is 0 Å². The molecule has 0 aliphatic carbocycles. The fourth-order valence-electron chi connectivity index (χ4n) is 2.52. The third-order valence-corrected chi connectivity index (χ3v) is 4.02. The van der Waals surface area contributed by atoms with E-state index in [1.54, 1.807) is 38.1 Å². The van der Waals surface area contributed by atoms with Crippen LogP contribution in [0.3, 0.4) is 0 Å². The number of rotatable bonds is 8. The van der Waals surface area contributed by atoms with Crippen molar-refractivity contribution >= 4 is 17.7 Å². The zero-order chi connectivity index (χ0) is 20.7. The van der Waals surface area contributed by atoms with Crippen molar-refractivity contribution < 1.29 is 27.9 Å². The summed E-state index contributed by atoms with van der Waals surface area (Å²) in [6, 6.07) is 10.5. The first-order valence-electron chi connectivity index (χ1n) is 8.76. The number of hydrogen-bond acceptors (Lipinski definition) is 4. The van der Waals surface area contributed by atoms with Crippen LogP contribution in [0.15, 0.2) is 48.5 Å². The smallest absolute Gasteiger partial charge is 0.329 e. The minimum absolute atomic E-state index is 0.0881. The Hall–Kier alpha value is -3.09. The van der Waals surface area contributed by atoms with Gasteiger partial charge in [-0.25, -0.2) is 13.6 Å². The van der Waals surface area contributed by atoms with Gasteiger partial charge >= 0.3 is 5.97 Å². The highest BCUT2D eigenvalue weighted by Crippen LogP contribution is 2.12. The lowest BCUT2D eigenvalue weighted by atomic mass is 10.0. The van der Waals surface area contributed by atoms with Crippen LogP contribution >= 0.6 is 0 Å². The van der Waals surface area contributed by atoms with E-state index in [2.05, 4.69) is 5.32 Å². The van der Waals surface area contributed by atoms with Gasteiger partial charge in [-0.3, -0.25) is 9.59 Å². The molecule has 0 fully saturated rings. The summed E-state index contributed by atoms with van der Waals surface area (Å²) < 4.78 is 31.7. The highest BCUT2D eigenvalue weighted by Gasteiger charge is 2.27. The van der Waals surface area contributed by atoms with Crippen molar-refractivity contribution in [3.63, 3.8) is 0 Å². The molecular weight excluding hydrogens is 368 g/mol. The quantitative estimate of drug-likeness (QED) is 0.556. The van der Waals surface area contributed by atoms with E-state index in [9.17, 15) is 23.2 Å². The second kappa shape index (κ2) is 9.73. The molecule has 1 N–H and O–H groups in total. The predicted molar refractivity (Wildman–Crippen MR) is 98.6 cm³/mol. The second-order valence-corrected chi connectivity index (χ2v) is 6.61. The Labute approximate surface area is 161 Å². The Bertz CT molecular complexity index is 853. The summed E-state index contributed by atoms with van der Waals surface area (Å²) >= 11 is 0. The van der Waals surface area contributed by atoms with E-state index in [0.29, 0.717) is 0 Å². The molecule has 0 unspecified atom stereocenters. The van der Waals surface area contributed by atoms with Crippen molar-refractivity contribution in [2.75, 3.05) is 6.61 Å². The molecule has 0 spiro atoms. The Balaban J connectivity index is 1.96. The van der Waals surface area contributed by atoms with Crippen LogP contribution in [0.4, 0.5) is 8.78 Å². The van der Waals surface area contributed by atoms with Crippen molar-refractivity contribution in [1.82, 2.24) is 5.32 Å². The normalized spacial score (nSPS) is 11.8. The molecule has 0 aliphatic rings. The maximum absolute atomic E-state index is 13.6. The van der Waals surface area contributed by atoms with Gasteiger partial charge in [0, 0.05) is 0 Å². The molecule has 7 heteroatoms. The second-order valence-electron chi connectivity index (χ2n) is 6.61. The molecule has 1 amide bonds. The van der Waals surface area contributed by atoms with E-state index >= 15 is 0 Å². The van der Waals surface area contributed by atoms with Gasteiger partial charge in [0.15, 0.2) is 6.61 Å². The summed E-state index contributed by atoms with van der Waals surface area (Å²) in [6.07, 6.45) is 0.0881. The summed E-state index contributed by atoms with van der Waals surface area (Å²) in [7, 11) is 0. The largest absolute Gasteiger partial charge is 0.456 e. The molecule has 0 saturated carbocycles. The third kappa shape index (κ3) is 5.97. The van der Waals surface area contributed by atoms with Gasteiger partial charge in [0.05, 0.1) is 12.0 Å². The Morgan fingerprint density at radius 1 is 1.04 bits per heavy atom. The highest BCUT2D eigenvalue weighted by molar-refractivity contribution is 5.98. The van der Waals surface area contributed by atoms with E-state index in [1.807, 2.05) is 6.07 Å². The number of amides is 1. The van der Waals surface area contributed by atoms with E-state index < -0.39 is 41.6 Å². The van der Waals surface area contributed by atoms with E-state index in [-0.39, 0.29) is 18.2 Å². The van der Waals surface area contributed by atoms with Crippen molar-refractivity contribution in [2.24, 2.45) is 5.92 Å². The summed E-state index contributed by atoms with van der Waals surface area (Å²) in [5.41, 5.74) is 0.287. The maximum Gasteiger partial charge on any atom is 0.329 e. The summed E-state index contributed by atoms with van der Waals surface area (Å²) in [6.45, 7) is 2.67. The zero-order valence-electron chi connectivity index (χ0n) is 15.6. The first-order valence-corrected chi connectivity index (χ1v) is 8.76. The average molecular weight is 389 g/mol. The van der Waals surface area contributed by atoms with E-state index in [1.165, 1.54) is 0 Å². The van der Waals surface area contributed by atoms with Gasteiger partial charge in [0.1, 0.15) is 17.7 Å². The van der Waals surface area contributed by atoms with Crippen LogP contribution in [0, 0.1) is 17.6 Å². The predicted octanol–water partition coefficient (Wildman–Crippen LogP) is 3.07. The SMILES string of the molecule is CC(C)[C@H](NC(=O)Cc1ccccc1)C(=O)OCC(=O)c1cc(F)ccc1F. The number of ether oxygens (including phenoxy) is 1. The molecule has 0 bridgehead atoms. The fourth-order valence-corrected chi connectivity index (χ4v) is 2.52. The Morgan fingerprint density at radius 3 is 2.36 bits per heavy atom. The maximum atomic E-state index is 13.6. The number of ketones is 1. The number of hydrogen-bond donors (Lipinski definition) is 1. The summed E-state index contributed by atoms with van der Waals surface area (Å²) in [4.78, 5) is 36.5. The van der Waals surface area contributed by atoms with Gasteiger partial charge in [-0.2, -0.15) is 0 Å². The number of halogens is 2. The summed E-state index contributed by atoms with van der Waals surface area (Å²) in [5, 5.41) is 2.59. The number of carbonyl (C=O) groups is 3. The van der Waals surface area contributed by atoms with Crippen LogP contribution in [0.1, 0.15) is 29.8 Å². The van der Waals surface area contributed by atoms with Crippen LogP contribution in [0.5, 0.6) is 0 Å². The van der Waals surface area contributed by atoms with E-state index in [0.717, 1.165) is 23.8 Å². The van der Waals surface area contributed by atoms with Crippen LogP contribution in [-0.4, -0.2) is 30.3 Å². The van der Waals surface area contributed by atoms with Crippen molar-refractivity contribution in [1.29, 1.82) is 0 Å². The van der Waals surface area contributed by atoms with Crippen LogP contribution in [-0.2, 0) is 20.7 Å². The Morgan fingerprint density at radius 2 is 1.71 bits per heavy atom. The van der Waals surface area contributed by atoms with Crippen LogP contribution < -0.4 is 5.32 Å². The number of carbonyl (C=O) groups excluding carboxylic acids is 3. The van der Waals surface area contributed by atoms with E-state index in [4.69, 9.17) is 4.74 Å². The van der Waals surface area contributed by atoms with Gasteiger partial charge in [-0.05, 0) is 29.7 Å². The van der Waals surface area contributed by atoms with Crippen molar-refractivity contribution in [3.8, 4) is 0 Å². The van der Waals surface area contributed by atoms with Crippen LogP contribution in [0.2, 0.25) is 0 Å². The molecule has 1 atom stereocenters. The topological polar surface area (TPSA) is 72.5 Å². The molecule has 2 aromatic rings. The monoisotopic (exact) mass is 389 g/mol. The van der Waals surface area contributed by atoms with Gasteiger partial charge < -0.3 is 10.1 Å². The summed E-state index contributed by atoms with van der Waals surface area (Å²) in [5.74, 6) is -4.04. The van der Waals surface area contributed by atoms with Gasteiger partial charge in [-0.15, -0.1) is 0 Å². The first-order chi connectivity index (χ1) is 13.3. The molecule has 0 aliphatic heterocycles. The first kappa shape index (κ1) is 21.2. The third-order valence-electron chi connectivity index (χ3n) is 4.02. The molecule has 0 saturated heterocycles. The van der Waals surface area contributed by atoms with Crippen molar-refractivity contribution in [2.45, 2.75) is 26.3 Å². The standard InChI is InChI=1S/C21H21F2NO4/c1-13(2)20(24-19(26)10-14-6-4-3-5-7-14)21(27)28-12-18(25)16-11-15(22)8-9-17(16)23/h3-9,11,13,20H,10,12H2,1-2H3,(H,24,26)/t20-/m0/s1. The molecule has 2 rings (SSSR count). The molecular formula is C21H21F2NO4. The van der Waals surface area contributed by atoms with Gasteiger partial charge in [0.2, 0.25) is 11.7 Å². The number of nitrogens with one attached hydrogen (secondary N) is 1. The average Bonchev–Trinajstić information content (AvgIpc) is 2.66. The lowest BCUT2D eigenvalue weighted by Crippen LogP contribution is -2.46. The molecule has 28 heavy (non-hydrogen) atoms. The lowest BCUT2D eigenvalue weighted by molar-refractivity contribution is -0.148. The zero-order valence-corrected chi connectivity index (χ0v) is 15.6.